The minimum Gasteiger partial charge on any atom is -0.307 e. The summed E-state index contributed by atoms with van der Waals surface area (Å²) in [6, 6.07) is 4.96. The van der Waals surface area contributed by atoms with Crippen LogP contribution in [0.4, 0.5) is 13.2 Å². The fourth-order valence-electron chi connectivity index (χ4n) is 1.72. The summed E-state index contributed by atoms with van der Waals surface area (Å²) in [5.41, 5.74) is 0. The maximum absolute atomic E-state index is 12.1. The molecule has 2 rings (SSSR count). The second kappa shape index (κ2) is 6.00. The van der Waals surface area contributed by atoms with Crippen molar-refractivity contribution in [2.24, 2.45) is 0 Å². The number of alkyl halides is 3. The highest BCUT2D eigenvalue weighted by Gasteiger charge is 2.26. The minimum absolute atomic E-state index is 0.167. The third kappa shape index (κ3) is 3.77. The van der Waals surface area contributed by atoms with Crippen LogP contribution in [0.3, 0.4) is 0 Å². The Morgan fingerprint density at radius 2 is 2.10 bits per heavy atom. The first kappa shape index (κ1) is 14.4. The monoisotopic (exact) mass is 285 g/mol. The molecule has 0 radical (unpaired) electrons. The van der Waals surface area contributed by atoms with Crippen molar-refractivity contribution in [2.45, 2.75) is 25.6 Å². The fourth-order valence-corrected chi connectivity index (χ4v) is 1.72. The van der Waals surface area contributed by atoms with Crippen molar-refractivity contribution < 1.29 is 13.2 Å². The molecule has 0 spiro atoms. The van der Waals surface area contributed by atoms with Gasteiger partial charge >= 0.3 is 6.18 Å². The van der Waals surface area contributed by atoms with Crippen LogP contribution in [-0.4, -0.2) is 32.5 Å². The van der Waals surface area contributed by atoms with Crippen molar-refractivity contribution in [3.8, 4) is 5.82 Å². The Morgan fingerprint density at radius 3 is 2.75 bits per heavy atom. The molecule has 0 saturated heterocycles. The molecule has 0 amide bonds. The molecule has 0 aliphatic heterocycles. The first-order chi connectivity index (χ1) is 9.47. The summed E-state index contributed by atoms with van der Waals surface area (Å²) in [7, 11) is 0. The molecule has 0 bridgehead atoms. The molecule has 8 heteroatoms. The first-order valence-corrected chi connectivity index (χ1v) is 6.09. The van der Waals surface area contributed by atoms with Gasteiger partial charge in [0.25, 0.3) is 0 Å². The van der Waals surface area contributed by atoms with Gasteiger partial charge < -0.3 is 5.32 Å². The van der Waals surface area contributed by atoms with Crippen LogP contribution in [0.5, 0.6) is 0 Å². The van der Waals surface area contributed by atoms with Gasteiger partial charge in [0.1, 0.15) is 6.33 Å². The van der Waals surface area contributed by atoms with E-state index in [1.54, 1.807) is 31.3 Å². The van der Waals surface area contributed by atoms with Gasteiger partial charge in [-0.25, -0.2) is 9.97 Å². The summed E-state index contributed by atoms with van der Waals surface area (Å²) < 4.78 is 37.8. The van der Waals surface area contributed by atoms with Crippen LogP contribution in [0, 0.1) is 0 Å². The molecular weight excluding hydrogens is 271 g/mol. The van der Waals surface area contributed by atoms with Gasteiger partial charge in [0, 0.05) is 12.7 Å². The van der Waals surface area contributed by atoms with Crippen LogP contribution in [0.2, 0.25) is 0 Å². The lowest BCUT2D eigenvalue weighted by Crippen LogP contribution is -2.26. The maximum Gasteiger partial charge on any atom is 0.390 e. The van der Waals surface area contributed by atoms with E-state index in [4.69, 9.17) is 0 Å². The van der Waals surface area contributed by atoms with Crippen LogP contribution >= 0.6 is 0 Å². The van der Waals surface area contributed by atoms with Crippen molar-refractivity contribution in [1.82, 2.24) is 25.1 Å². The van der Waals surface area contributed by atoms with Gasteiger partial charge in [-0.05, 0) is 19.1 Å². The predicted octanol–water partition coefficient (Wildman–Crippen LogP) is 2.27. The van der Waals surface area contributed by atoms with Crippen molar-refractivity contribution >= 4 is 0 Å². The second-order valence-electron chi connectivity index (χ2n) is 4.26. The average molecular weight is 285 g/mol. The number of hydrogen-bond acceptors (Lipinski definition) is 4. The van der Waals surface area contributed by atoms with Crippen molar-refractivity contribution in [2.75, 3.05) is 6.54 Å². The molecule has 5 nitrogen and oxygen atoms in total. The molecule has 108 valence electrons. The summed E-state index contributed by atoms with van der Waals surface area (Å²) in [6.45, 7) is 1.57. The SMILES string of the molecule is CC(NCCC(F)(F)F)c1ncnn1-c1ccccn1. The Hall–Kier alpha value is -1.96. The standard InChI is InChI=1S/C12H14F3N5/c1-9(16-7-5-12(13,14)15)11-18-8-19-20(11)10-4-2-3-6-17-10/h2-4,6,8-9,16H,5,7H2,1H3. The molecule has 1 N–H and O–H groups in total. The highest BCUT2D eigenvalue weighted by Crippen LogP contribution is 2.19. The summed E-state index contributed by atoms with van der Waals surface area (Å²) in [5, 5.41) is 6.83. The zero-order valence-corrected chi connectivity index (χ0v) is 10.8. The molecule has 2 aromatic rings. The highest BCUT2D eigenvalue weighted by molar-refractivity contribution is 5.21. The summed E-state index contributed by atoms with van der Waals surface area (Å²) in [5.74, 6) is 1.09. The van der Waals surface area contributed by atoms with E-state index in [0.717, 1.165) is 0 Å². The van der Waals surface area contributed by atoms with Gasteiger partial charge in [-0.1, -0.05) is 6.07 Å². The van der Waals surface area contributed by atoms with Gasteiger partial charge in [0.2, 0.25) is 0 Å². The molecule has 0 aliphatic carbocycles. The van der Waals surface area contributed by atoms with Gasteiger partial charge in [-0.2, -0.15) is 23.0 Å². The molecule has 20 heavy (non-hydrogen) atoms. The van der Waals surface area contributed by atoms with Crippen LogP contribution in [-0.2, 0) is 0 Å². The normalized spacial score (nSPS) is 13.4. The van der Waals surface area contributed by atoms with E-state index in [-0.39, 0.29) is 12.6 Å². The number of nitrogens with zero attached hydrogens (tertiary/aromatic N) is 4. The van der Waals surface area contributed by atoms with Crippen molar-refractivity contribution in [3.63, 3.8) is 0 Å². The Kier molecular flexibility index (Phi) is 4.33. The van der Waals surface area contributed by atoms with Gasteiger partial charge in [-0.15, -0.1) is 0 Å². The number of rotatable bonds is 5. The van der Waals surface area contributed by atoms with E-state index in [0.29, 0.717) is 11.6 Å². The van der Waals surface area contributed by atoms with Crippen LogP contribution in [0.25, 0.3) is 5.82 Å². The van der Waals surface area contributed by atoms with Gasteiger partial charge in [-0.3, -0.25) is 0 Å². The molecule has 1 unspecified atom stereocenters. The lowest BCUT2D eigenvalue weighted by molar-refractivity contribution is -0.133. The Balaban J connectivity index is 2.05. The van der Waals surface area contributed by atoms with E-state index < -0.39 is 12.6 Å². The smallest absolute Gasteiger partial charge is 0.307 e. The molecule has 2 heterocycles. The summed E-state index contributed by atoms with van der Waals surface area (Å²) in [4.78, 5) is 8.21. The third-order valence-corrected chi connectivity index (χ3v) is 2.69. The minimum atomic E-state index is -4.17. The number of pyridine rings is 1. The van der Waals surface area contributed by atoms with Crippen LogP contribution in [0.15, 0.2) is 30.7 Å². The zero-order valence-electron chi connectivity index (χ0n) is 10.8. The molecule has 0 saturated carbocycles. The number of nitrogens with one attached hydrogen (secondary N) is 1. The first-order valence-electron chi connectivity index (χ1n) is 6.09. The molecular formula is C12H14F3N5. The zero-order chi connectivity index (χ0) is 14.6. The van der Waals surface area contributed by atoms with Crippen LogP contribution in [0.1, 0.15) is 25.2 Å². The van der Waals surface area contributed by atoms with Crippen molar-refractivity contribution in [1.29, 1.82) is 0 Å². The molecule has 0 aromatic carbocycles. The molecule has 1 atom stereocenters. The number of halogens is 3. The topological polar surface area (TPSA) is 55.6 Å². The van der Waals surface area contributed by atoms with E-state index in [1.165, 1.54) is 11.0 Å². The summed E-state index contributed by atoms with van der Waals surface area (Å²) in [6.07, 6.45) is -2.08. The average Bonchev–Trinajstić information content (AvgIpc) is 2.87. The maximum atomic E-state index is 12.1. The predicted molar refractivity (Wildman–Crippen MR) is 66.2 cm³/mol. The Morgan fingerprint density at radius 1 is 1.30 bits per heavy atom. The number of hydrogen-bond donors (Lipinski definition) is 1. The highest BCUT2D eigenvalue weighted by atomic mass is 19.4. The lowest BCUT2D eigenvalue weighted by atomic mass is 10.3. The van der Waals surface area contributed by atoms with Crippen LogP contribution < -0.4 is 5.32 Å². The van der Waals surface area contributed by atoms with Crippen molar-refractivity contribution in [3.05, 3.63) is 36.5 Å². The molecule has 2 aromatic heterocycles. The lowest BCUT2D eigenvalue weighted by Gasteiger charge is -2.14. The summed E-state index contributed by atoms with van der Waals surface area (Å²) >= 11 is 0. The quantitative estimate of drug-likeness (QED) is 0.915. The van der Waals surface area contributed by atoms with E-state index in [9.17, 15) is 13.2 Å². The van der Waals surface area contributed by atoms with E-state index >= 15 is 0 Å². The Labute approximate surface area is 113 Å². The van der Waals surface area contributed by atoms with E-state index in [1.807, 2.05) is 0 Å². The van der Waals surface area contributed by atoms with E-state index in [2.05, 4.69) is 20.4 Å². The fraction of sp³-hybridized carbons (Fsp3) is 0.417. The van der Waals surface area contributed by atoms with Gasteiger partial charge in [0.15, 0.2) is 11.6 Å². The second-order valence-corrected chi connectivity index (χ2v) is 4.26. The molecule has 0 aliphatic rings. The largest absolute Gasteiger partial charge is 0.390 e. The van der Waals surface area contributed by atoms with Gasteiger partial charge in [0.05, 0.1) is 12.5 Å². The Bertz CT molecular complexity index is 538. The number of aromatic nitrogens is 4. The molecule has 0 fully saturated rings. The third-order valence-electron chi connectivity index (χ3n) is 2.69.